The minimum absolute atomic E-state index is 0.0340. The third-order valence-corrected chi connectivity index (χ3v) is 4.57. The Labute approximate surface area is 162 Å². The van der Waals surface area contributed by atoms with Crippen LogP contribution in [0.3, 0.4) is 0 Å². The van der Waals surface area contributed by atoms with Gasteiger partial charge in [0.1, 0.15) is 0 Å². The van der Waals surface area contributed by atoms with E-state index in [9.17, 15) is 4.79 Å². The number of rotatable bonds is 7. The Hall–Kier alpha value is -2.82. The Morgan fingerprint density at radius 1 is 1.07 bits per heavy atom. The second-order valence-electron chi connectivity index (χ2n) is 6.69. The Kier molecular flexibility index (Phi) is 7.86. The van der Waals surface area contributed by atoms with E-state index < -0.39 is 0 Å². The number of nitrogens with one attached hydrogen (secondary N) is 3. The molecule has 0 aliphatic heterocycles. The average Bonchev–Trinajstić information content (AvgIpc) is 2.69. The van der Waals surface area contributed by atoms with Crippen LogP contribution in [0.4, 0.5) is 0 Å². The van der Waals surface area contributed by atoms with Crippen molar-refractivity contribution in [3.8, 4) is 0 Å². The molecule has 0 spiro atoms. The molecule has 2 rings (SSSR count). The second kappa shape index (κ2) is 10.4. The van der Waals surface area contributed by atoms with E-state index in [0.717, 1.165) is 17.9 Å². The summed E-state index contributed by atoms with van der Waals surface area (Å²) in [5, 5.41) is 9.63. The van der Waals surface area contributed by atoms with E-state index >= 15 is 0 Å². The largest absolute Gasteiger partial charge is 0.352 e. The van der Waals surface area contributed by atoms with Crippen LogP contribution in [0.15, 0.2) is 53.5 Å². The summed E-state index contributed by atoms with van der Waals surface area (Å²) in [6, 6.07) is 16.1. The summed E-state index contributed by atoms with van der Waals surface area (Å²) in [6.07, 6.45) is 0.913. The van der Waals surface area contributed by atoms with Crippen molar-refractivity contribution < 1.29 is 4.79 Å². The number of aryl methyl sites for hydroxylation is 1. The third kappa shape index (κ3) is 6.44. The summed E-state index contributed by atoms with van der Waals surface area (Å²) < 4.78 is 0. The van der Waals surface area contributed by atoms with Gasteiger partial charge in [0.15, 0.2) is 5.96 Å². The highest BCUT2D eigenvalue weighted by molar-refractivity contribution is 5.94. The van der Waals surface area contributed by atoms with Crippen LogP contribution in [0.1, 0.15) is 47.3 Å². The lowest BCUT2D eigenvalue weighted by Crippen LogP contribution is -2.36. The number of nitrogens with zero attached hydrogens (tertiary/aromatic N) is 1. The summed E-state index contributed by atoms with van der Waals surface area (Å²) >= 11 is 0. The lowest BCUT2D eigenvalue weighted by Gasteiger charge is -2.14. The Morgan fingerprint density at radius 2 is 1.81 bits per heavy atom. The number of aliphatic imine (C=N–C) groups is 1. The topological polar surface area (TPSA) is 65.5 Å². The van der Waals surface area contributed by atoms with Crippen LogP contribution >= 0.6 is 0 Å². The lowest BCUT2D eigenvalue weighted by molar-refractivity contribution is 0.0939. The van der Waals surface area contributed by atoms with Gasteiger partial charge in [-0.1, -0.05) is 43.3 Å². The van der Waals surface area contributed by atoms with Gasteiger partial charge in [-0.15, -0.1) is 0 Å². The minimum atomic E-state index is -0.0340. The molecule has 0 aliphatic rings. The smallest absolute Gasteiger partial charge is 0.251 e. The summed E-state index contributed by atoms with van der Waals surface area (Å²) in [7, 11) is 1.75. The van der Waals surface area contributed by atoms with Crippen molar-refractivity contribution in [3.05, 3.63) is 70.8 Å². The van der Waals surface area contributed by atoms with Crippen LogP contribution in [0.25, 0.3) is 0 Å². The normalized spacial score (nSPS) is 12.4. The van der Waals surface area contributed by atoms with Crippen LogP contribution in [-0.2, 0) is 13.1 Å². The quantitative estimate of drug-likeness (QED) is 0.520. The van der Waals surface area contributed by atoms with Gasteiger partial charge in [-0.25, -0.2) is 0 Å². The molecule has 0 saturated carbocycles. The van der Waals surface area contributed by atoms with Crippen molar-refractivity contribution in [2.75, 3.05) is 7.05 Å². The van der Waals surface area contributed by atoms with Gasteiger partial charge in [-0.05, 0) is 49.1 Å². The number of hydrogen-bond acceptors (Lipinski definition) is 2. The first-order valence-electron chi connectivity index (χ1n) is 9.42. The highest BCUT2D eigenvalue weighted by Crippen LogP contribution is 2.07. The van der Waals surface area contributed by atoms with Gasteiger partial charge in [0.2, 0.25) is 0 Å². The van der Waals surface area contributed by atoms with Gasteiger partial charge in [0.05, 0.1) is 0 Å². The van der Waals surface area contributed by atoms with Gasteiger partial charge in [-0.2, -0.15) is 0 Å². The molecule has 1 unspecified atom stereocenters. The zero-order chi connectivity index (χ0) is 19.6. The van der Waals surface area contributed by atoms with Crippen molar-refractivity contribution in [1.82, 2.24) is 16.0 Å². The fraction of sp³-hybridized carbons (Fsp3) is 0.364. The number of guanidine groups is 1. The SMILES string of the molecule is CCC(C)NC(=O)c1cccc(CNC(=NC)NCc2ccccc2C)c1. The molecule has 0 aliphatic carbocycles. The number of benzene rings is 2. The maximum atomic E-state index is 12.3. The zero-order valence-corrected chi connectivity index (χ0v) is 16.7. The standard InChI is InChI=1S/C22H30N4O/c1-5-17(3)26-21(27)19-12-8-10-18(13-19)14-24-22(23-4)25-15-20-11-7-6-9-16(20)2/h6-13,17H,5,14-15H2,1-4H3,(H,26,27)(H2,23,24,25). The summed E-state index contributed by atoms with van der Waals surface area (Å²) in [5.41, 5.74) is 4.20. The van der Waals surface area contributed by atoms with Crippen molar-refractivity contribution in [2.24, 2.45) is 4.99 Å². The molecule has 0 bridgehead atoms. The molecule has 0 radical (unpaired) electrons. The maximum absolute atomic E-state index is 12.3. The van der Waals surface area contributed by atoms with Crippen LogP contribution < -0.4 is 16.0 Å². The minimum Gasteiger partial charge on any atom is -0.352 e. The maximum Gasteiger partial charge on any atom is 0.251 e. The van der Waals surface area contributed by atoms with Crippen LogP contribution in [0.2, 0.25) is 0 Å². The van der Waals surface area contributed by atoms with Crippen LogP contribution in [0, 0.1) is 6.92 Å². The fourth-order valence-electron chi connectivity index (χ4n) is 2.63. The molecule has 5 nitrogen and oxygen atoms in total. The van der Waals surface area contributed by atoms with E-state index in [1.807, 2.05) is 43.3 Å². The summed E-state index contributed by atoms with van der Waals surface area (Å²) in [5.74, 6) is 0.695. The zero-order valence-electron chi connectivity index (χ0n) is 16.7. The van der Waals surface area contributed by atoms with Gasteiger partial charge in [0.25, 0.3) is 5.91 Å². The molecule has 3 N–H and O–H groups in total. The molecular weight excluding hydrogens is 336 g/mol. The second-order valence-corrected chi connectivity index (χ2v) is 6.69. The first kappa shape index (κ1) is 20.5. The van der Waals surface area contributed by atoms with Gasteiger partial charge < -0.3 is 16.0 Å². The monoisotopic (exact) mass is 366 g/mol. The van der Waals surface area contributed by atoms with E-state index in [-0.39, 0.29) is 11.9 Å². The third-order valence-electron chi connectivity index (χ3n) is 4.57. The van der Waals surface area contributed by atoms with Crippen molar-refractivity contribution in [3.63, 3.8) is 0 Å². The number of hydrogen-bond donors (Lipinski definition) is 3. The van der Waals surface area contributed by atoms with E-state index in [4.69, 9.17) is 0 Å². The molecule has 0 fully saturated rings. The van der Waals surface area contributed by atoms with Crippen LogP contribution in [-0.4, -0.2) is 25.0 Å². The molecule has 27 heavy (non-hydrogen) atoms. The molecule has 0 heterocycles. The van der Waals surface area contributed by atoms with E-state index in [1.165, 1.54) is 11.1 Å². The molecule has 1 atom stereocenters. The number of carbonyl (C=O) groups is 1. The predicted molar refractivity (Wildman–Crippen MR) is 112 cm³/mol. The highest BCUT2D eigenvalue weighted by Gasteiger charge is 2.09. The molecule has 0 saturated heterocycles. The molecule has 2 aromatic rings. The summed E-state index contributed by atoms with van der Waals surface area (Å²) in [4.78, 5) is 16.6. The van der Waals surface area contributed by atoms with Crippen molar-refractivity contribution >= 4 is 11.9 Å². The Bertz CT molecular complexity index is 785. The molecule has 2 aromatic carbocycles. The molecular formula is C22H30N4O. The molecule has 5 heteroatoms. The summed E-state index contributed by atoms with van der Waals surface area (Å²) in [6.45, 7) is 7.47. The first-order chi connectivity index (χ1) is 13.0. The van der Waals surface area contributed by atoms with Crippen molar-refractivity contribution in [1.29, 1.82) is 0 Å². The molecule has 1 amide bonds. The van der Waals surface area contributed by atoms with E-state index in [2.05, 4.69) is 46.9 Å². The lowest BCUT2D eigenvalue weighted by atomic mass is 10.1. The molecule has 0 aromatic heterocycles. The number of carbonyl (C=O) groups excluding carboxylic acids is 1. The highest BCUT2D eigenvalue weighted by atomic mass is 16.1. The fourth-order valence-corrected chi connectivity index (χ4v) is 2.63. The van der Waals surface area contributed by atoms with Crippen molar-refractivity contribution in [2.45, 2.75) is 46.3 Å². The van der Waals surface area contributed by atoms with Crippen LogP contribution in [0.5, 0.6) is 0 Å². The first-order valence-corrected chi connectivity index (χ1v) is 9.42. The van der Waals surface area contributed by atoms with E-state index in [0.29, 0.717) is 18.7 Å². The van der Waals surface area contributed by atoms with Gasteiger partial charge in [0, 0.05) is 31.7 Å². The average molecular weight is 367 g/mol. The molecule has 144 valence electrons. The predicted octanol–water partition coefficient (Wildman–Crippen LogP) is 3.39. The Balaban J connectivity index is 1.91. The van der Waals surface area contributed by atoms with Gasteiger partial charge >= 0.3 is 0 Å². The van der Waals surface area contributed by atoms with E-state index in [1.54, 1.807) is 7.05 Å². The van der Waals surface area contributed by atoms with Gasteiger partial charge in [-0.3, -0.25) is 9.79 Å². The number of amides is 1. The Morgan fingerprint density at radius 3 is 2.52 bits per heavy atom.